The lowest BCUT2D eigenvalue weighted by molar-refractivity contribution is 1.29. The SMILES string of the molecule is c1ccc(N(c2ccccc2)c2ccc3cc(-c4ccc(-c5ccc(-c6ccc(N(c7ccccc7)c7ccccc7)c7ccccc67)c6ccccc56)c5ccccc45)ccc3c2)cc1.c1ccc(N(c2ccccc2)c2ccc3cc(-c4ccc(-c5ccc(-c6ccc7cc(N(c8ccccc8)c8ccccc8)ccc7c6)c6ccccc56)c5ccccc45)ccc3c2)cc1. The third-order valence-electron chi connectivity index (χ3n) is 26.0. The molecule has 0 amide bonds. The third-order valence-corrected chi connectivity index (χ3v) is 26.0. The number of hydrogen-bond acceptors (Lipinski definition) is 4. The molecule has 0 fully saturated rings. The van der Waals surface area contributed by atoms with Crippen LogP contribution in [-0.4, -0.2) is 0 Å². The Hall–Kier alpha value is -17.4. The fourth-order valence-corrected chi connectivity index (χ4v) is 19.8. The van der Waals surface area contributed by atoms with Gasteiger partial charge in [-0.2, -0.15) is 0 Å². The van der Waals surface area contributed by atoms with Crippen LogP contribution in [0.3, 0.4) is 0 Å². The van der Waals surface area contributed by atoms with Crippen molar-refractivity contribution in [3.8, 4) is 66.8 Å². The van der Waals surface area contributed by atoms with Crippen LogP contribution in [0.1, 0.15) is 0 Å². The van der Waals surface area contributed by atoms with Crippen molar-refractivity contribution < 1.29 is 0 Å². The van der Waals surface area contributed by atoms with Crippen molar-refractivity contribution in [3.63, 3.8) is 0 Å². The predicted octanol–water partition coefficient (Wildman–Crippen LogP) is 36.5. The standard InChI is InChI=1S/2C64H44N2/c1-5-17-51(18-6-1)65(52-19-7-2-8-20-52)55-35-33-45-41-49(31-29-47(45)43-55)57-37-39-63(61-27-15-13-25-59(57)61)64-40-38-58(60-26-14-16-28-62(60)64)50-32-30-48-44-56(36-34-46(48)42-50)66(53-21-9-3-10-22-53)54-23-11-4-12-24-54;1-5-19-48(20-6-1)65(49-21-7-2-8-22-49)52-36-35-45-43-47(34-33-46(45)44-52)53-37-38-59(55-28-14-13-27-54(53)55)60-39-40-61(57-30-16-15-29-56(57)60)62-41-42-64(63-32-18-17-31-58(62)63)66(50-23-9-3-10-24-50)51-25-11-4-12-26-51/h2*1-44H. The molecule has 0 unspecified atom stereocenters. The zero-order chi connectivity index (χ0) is 87.6. The minimum absolute atomic E-state index is 1.12. The molecule has 0 bridgehead atoms. The van der Waals surface area contributed by atoms with E-state index in [-0.39, 0.29) is 0 Å². The van der Waals surface area contributed by atoms with Crippen molar-refractivity contribution in [2.24, 2.45) is 0 Å². The number of anilines is 12. The summed E-state index contributed by atoms with van der Waals surface area (Å²) in [5, 5.41) is 19.6. The molecular formula is C128H88N4. The van der Waals surface area contributed by atoms with Crippen LogP contribution in [0.5, 0.6) is 0 Å². The molecule has 0 heterocycles. The Morgan fingerprint density at radius 2 is 0.265 bits per heavy atom. The summed E-state index contributed by atoms with van der Waals surface area (Å²) in [6, 6.07) is 194. The fourth-order valence-electron chi connectivity index (χ4n) is 19.8. The molecule has 0 aliphatic carbocycles. The van der Waals surface area contributed by atoms with Gasteiger partial charge in [0.05, 0.1) is 5.69 Å². The monoisotopic (exact) mass is 1680 g/mol. The summed E-state index contributed by atoms with van der Waals surface area (Å²) in [7, 11) is 0. The topological polar surface area (TPSA) is 13.0 Å². The third kappa shape index (κ3) is 15.1. The van der Waals surface area contributed by atoms with Gasteiger partial charge in [0, 0.05) is 67.9 Å². The van der Waals surface area contributed by atoms with E-state index in [0.29, 0.717) is 0 Å². The maximum atomic E-state index is 2.36. The maximum absolute atomic E-state index is 2.36. The molecule has 0 aliphatic rings. The largest absolute Gasteiger partial charge is 0.310 e. The Kier molecular flexibility index (Phi) is 21.0. The second kappa shape index (κ2) is 35.1. The molecule has 0 saturated heterocycles. The molecule has 4 heteroatoms. The van der Waals surface area contributed by atoms with Gasteiger partial charge in [0.2, 0.25) is 0 Å². The van der Waals surface area contributed by atoms with Crippen LogP contribution in [0.4, 0.5) is 68.2 Å². The second-order valence-corrected chi connectivity index (χ2v) is 33.8. The Balaban J connectivity index is 0.000000150. The summed E-state index contributed by atoms with van der Waals surface area (Å²) in [6.07, 6.45) is 0. The Labute approximate surface area is 769 Å². The van der Waals surface area contributed by atoms with Crippen LogP contribution in [-0.2, 0) is 0 Å². The van der Waals surface area contributed by atoms with E-state index in [4.69, 9.17) is 0 Å². The first kappa shape index (κ1) is 79.2. The van der Waals surface area contributed by atoms with Gasteiger partial charge >= 0.3 is 0 Å². The van der Waals surface area contributed by atoms with E-state index in [2.05, 4.69) is 553 Å². The van der Waals surface area contributed by atoms with Crippen molar-refractivity contribution >= 4 is 154 Å². The highest BCUT2D eigenvalue weighted by molar-refractivity contribution is 6.17. The molecule has 24 aromatic carbocycles. The van der Waals surface area contributed by atoms with Gasteiger partial charge in [-0.25, -0.2) is 0 Å². The number of hydrogen-bond donors (Lipinski definition) is 0. The molecular weight excluding hydrogens is 1590 g/mol. The first-order valence-electron chi connectivity index (χ1n) is 45.3. The molecule has 4 nitrogen and oxygen atoms in total. The van der Waals surface area contributed by atoms with Gasteiger partial charge < -0.3 is 19.6 Å². The van der Waals surface area contributed by atoms with Crippen LogP contribution in [0.25, 0.3) is 153 Å². The molecule has 0 aliphatic heterocycles. The van der Waals surface area contributed by atoms with Gasteiger partial charge in [-0.05, 0) is 305 Å². The quantitative estimate of drug-likeness (QED) is 0.0849. The molecule has 0 N–H and O–H groups in total. The van der Waals surface area contributed by atoms with Crippen LogP contribution in [0.15, 0.2) is 534 Å². The zero-order valence-electron chi connectivity index (χ0n) is 72.6. The lowest BCUT2D eigenvalue weighted by Gasteiger charge is -2.27. The minimum atomic E-state index is 1.12. The number of benzene rings is 24. The first-order valence-corrected chi connectivity index (χ1v) is 45.3. The van der Waals surface area contributed by atoms with Gasteiger partial charge in [-0.15, -0.1) is 0 Å². The van der Waals surface area contributed by atoms with Crippen LogP contribution in [0.2, 0.25) is 0 Å². The molecule has 0 atom stereocenters. The maximum Gasteiger partial charge on any atom is 0.0540 e. The van der Waals surface area contributed by atoms with E-state index >= 15 is 0 Å². The van der Waals surface area contributed by atoms with Crippen molar-refractivity contribution in [3.05, 3.63) is 534 Å². The fraction of sp³-hybridized carbons (Fsp3) is 0. The number of nitrogens with zero attached hydrogens (tertiary/aromatic N) is 4. The van der Waals surface area contributed by atoms with E-state index in [1.54, 1.807) is 0 Å². The lowest BCUT2D eigenvalue weighted by Crippen LogP contribution is -2.10. The summed E-state index contributed by atoms with van der Waals surface area (Å²) in [4.78, 5) is 9.32. The van der Waals surface area contributed by atoms with Crippen molar-refractivity contribution in [1.82, 2.24) is 0 Å². The second-order valence-electron chi connectivity index (χ2n) is 33.8. The Morgan fingerprint density at radius 1 is 0.0985 bits per heavy atom. The van der Waals surface area contributed by atoms with Gasteiger partial charge in [0.25, 0.3) is 0 Å². The van der Waals surface area contributed by atoms with E-state index in [1.807, 2.05) is 0 Å². The molecule has 0 saturated carbocycles. The molecule has 0 aromatic heterocycles. The van der Waals surface area contributed by atoms with Crippen LogP contribution < -0.4 is 19.6 Å². The number of rotatable bonds is 18. The molecule has 620 valence electrons. The number of para-hydroxylation sites is 8. The average molecular weight is 1680 g/mol. The Bertz CT molecular complexity index is 7980. The highest BCUT2D eigenvalue weighted by Crippen LogP contribution is 2.50. The lowest BCUT2D eigenvalue weighted by atomic mass is 9.87. The van der Waals surface area contributed by atoms with Gasteiger partial charge in [-0.1, -0.05) is 376 Å². The summed E-state index contributed by atoms with van der Waals surface area (Å²) in [5.41, 5.74) is 28.2. The molecule has 132 heavy (non-hydrogen) atoms. The van der Waals surface area contributed by atoms with Gasteiger partial charge in [-0.3, -0.25) is 0 Å². The van der Waals surface area contributed by atoms with Crippen molar-refractivity contribution in [2.45, 2.75) is 0 Å². The van der Waals surface area contributed by atoms with Crippen molar-refractivity contribution in [2.75, 3.05) is 19.6 Å². The van der Waals surface area contributed by atoms with Crippen molar-refractivity contribution in [1.29, 1.82) is 0 Å². The molecule has 0 spiro atoms. The number of fused-ring (bicyclic) bond motifs is 8. The molecule has 24 aromatic rings. The summed E-state index contributed by atoms with van der Waals surface area (Å²) in [5.74, 6) is 0. The van der Waals surface area contributed by atoms with Gasteiger partial charge in [0.1, 0.15) is 0 Å². The highest BCUT2D eigenvalue weighted by Gasteiger charge is 2.24. The normalized spacial score (nSPS) is 11.3. The zero-order valence-corrected chi connectivity index (χ0v) is 72.6. The van der Waals surface area contributed by atoms with E-state index < -0.39 is 0 Å². The van der Waals surface area contributed by atoms with Crippen LogP contribution >= 0.6 is 0 Å². The predicted molar refractivity (Wildman–Crippen MR) is 564 cm³/mol. The summed E-state index contributed by atoms with van der Waals surface area (Å²) < 4.78 is 0. The smallest absolute Gasteiger partial charge is 0.0540 e. The van der Waals surface area contributed by atoms with E-state index in [1.165, 1.54) is 153 Å². The first-order chi connectivity index (χ1) is 65.5. The molecule has 24 rings (SSSR count). The Morgan fingerprint density at radius 3 is 0.500 bits per heavy atom. The molecule has 0 radical (unpaired) electrons. The van der Waals surface area contributed by atoms with Crippen LogP contribution in [0, 0.1) is 0 Å². The summed E-state index contributed by atoms with van der Waals surface area (Å²) >= 11 is 0. The highest BCUT2D eigenvalue weighted by atomic mass is 15.2. The van der Waals surface area contributed by atoms with E-state index in [0.717, 1.165) is 68.2 Å². The average Bonchev–Trinajstić information content (AvgIpc) is 0.718. The summed E-state index contributed by atoms with van der Waals surface area (Å²) in [6.45, 7) is 0. The van der Waals surface area contributed by atoms with Gasteiger partial charge in [0.15, 0.2) is 0 Å². The minimum Gasteiger partial charge on any atom is -0.310 e. The van der Waals surface area contributed by atoms with E-state index in [9.17, 15) is 0 Å².